The molecule has 5 heteroatoms. The molecule has 0 aliphatic rings. The molecule has 23 heavy (non-hydrogen) atoms. The van der Waals surface area contributed by atoms with Crippen LogP contribution >= 0.6 is 15.9 Å². The minimum atomic E-state index is -0.141. The third-order valence-corrected chi connectivity index (χ3v) is 4.03. The van der Waals surface area contributed by atoms with Gasteiger partial charge in [0.2, 0.25) is 0 Å². The summed E-state index contributed by atoms with van der Waals surface area (Å²) in [5.74, 6) is -0.141. The van der Waals surface area contributed by atoms with E-state index in [2.05, 4.69) is 31.2 Å². The molecule has 2 aromatic carbocycles. The van der Waals surface area contributed by atoms with E-state index in [1.54, 1.807) is 6.07 Å². The zero-order valence-electron chi connectivity index (χ0n) is 12.2. The van der Waals surface area contributed by atoms with Crippen LogP contribution in [0.4, 0.5) is 0 Å². The van der Waals surface area contributed by atoms with Gasteiger partial charge in [-0.3, -0.25) is 4.79 Å². The van der Waals surface area contributed by atoms with Crippen molar-refractivity contribution >= 4 is 21.8 Å². The van der Waals surface area contributed by atoms with Gasteiger partial charge in [-0.25, -0.2) is 9.97 Å². The van der Waals surface area contributed by atoms with E-state index in [1.807, 2.05) is 54.6 Å². The van der Waals surface area contributed by atoms with E-state index in [0.29, 0.717) is 12.1 Å². The molecule has 1 N–H and O–H groups in total. The van der Waals surface area contributed by atoms with Gasteiger partial charge in [0.1, 0.15) is 6.33 Å². The Hall–Kier alpha value is -2.53. The minimum absolute atomic E-state index is 0.141. The van der Waals surface area contributed by atoms with Crippen LogP contribution in [0, 0.1) is 0 Å². The molecule has 114 valence electrons. The van der Waals surface area contributed by atoms with Gasteiger partial charge in [0.05, 0.1) is 23.5 Å². The second-order valence-corrected chi connectivity index (χ2v) is 5.78. The summed E-state index contributed by atoms with van der Waals surface area (Å²) in [7, 11) is 0. The molecule has 4 nitrogen and oxygen atoms in total. The Bertz CT molecular complexity index is 821. The molecule has 0 aliphatic heterocycles. The predicted molar refractivity (Wildman–Crippen MR) is 92.8 cm³/mol. The quantitative estimate of drug-likeness (QED) is 0.762. The van der Waals surface area contributed by atoms with Crippen molar-refractivity contribution in [3.05, 3.63) is 82.7 Å². The highest BCUT2D eigenvalue weighted by atomic mass is 79.9. The van der Waals surface area contributed by atoms with Crippen LogP contribution in [0.5, 0.6) is 0 Å². The Kier molecular flexibility index (Phi) is 4.78. The lowest BCUT2D eigenvalue weighted by molar-refractivity contribution is 0.0949. The molecule has 0 spiro atoms. The molecule has 0 atom stereocenters. The van der Waals surface area contributed by atoms with Gasteiger partial charge < -0.3 is 5.32 Å². The maximum absolute atomic E-state index is 12.2. The van der Waals surface area contributed by atoms with E-state index in [0.717, 1.165) is 21.4 Å². The highest BCUT2D eigenvalue weighted by molar-refractivity contribution is 9.10. The molecule has 1 aromatic heterocycles. The molecule has 0 saturated carbocycles. The summed E-state index contributed by atoms with van der Waals surface area (Å²) in [4.78, 5) is 20.7. The number of hydrogen-bond acceptors (Lipinski definition) is 3. The zero-order chi connectivity index (χ0) is 16.1. The van der Waals surface area contributed by atoms with Gasteiger partial charge in [-0.05, 0) is 34.1 Å². The van der Waals surface area contributed by atoms with Crippen molar-refractivity contribution in [3.63, 3.8) is 0 Å². The fourth-order valence-corrected chi connectivity index (χ4v) is 2.64. The van der Waals surface area contributed by atoms with Gasteiger partial charge in [0.15, 0.2) is 0 Å². The Labute approximate surface area is 142 Å². The number of rotatable bonds is 4. The van der Waals surface area contributed by atoms with Gasteiger partial charge >= 0.3 is 0 Å². The summed E-state index contributed by atoms with van der Waals surface area (Å²) in [6.07, 6.45) is 1.52. The fourth-order valence-electron chi connectivity index (χ4n) is 2.17. The molecule has 3 rings (SSSR count). The number of nitrogens with one attached hydrogen (secondary N) is 1. The third kappa shape index (κ3) is 3.81. The number of halogens is 1. The van der Waals surface area contributed by atoms with Crippen LogP contribution in [-0.4, -0.2) is 15.9 Å². The van der Waals surface area contributed by atoms with E-state index in [4.69, 9.17) is 0 Å². The summed E-state index contributed by atoms with van der Waals surface area (Å²) in [6, 6.07) is 19.1. The lowest BCUT2D eigenvalue weighted by Gasteiger charge is -2.07. The number of carbonyl (C=O) groups excluding carboxylic acids is 1. The third-order valence-electron chi connectivity index (χ3n) is 3.34. The lowest BCUT2D eigenvalue weighted by atomic mass is 10.1. The second-order valence-electron chi connectivity index (χ2n) is 4.92. The van der Waals surface area contributed by atoms with Crippen LogP contribution in [0.1, 0.15) is 16.1 Å². The van der Waals surface area contributed by atoms with Gasteiger partial charge in [0, 0.05) is 10.0 Å². The second kappa shape index (κ2) is 7.15. The first-order chi connectivity index (χ1) is 11.2. The molecule has 0 fully saturated rings. The molecular weight excluding hydrogens is 354 g/mol. The van der Waals surface area contributed by atoms with E-state index < -0.39 is 0 Å². The fraction of sp³-hybridized carbons (Fsp3) is 0.0556. The first-order valence-electron chi connectivity index (χ1n) is 7.13. The maximum Gasteiger partial charge on any atom is 0.252 e. The summed E-state index contributed by atoms with van der Waals surface area (Å²) in [5, 5.41) is 2.88. The number of amides is 1. The number of hydrogen-bond donors (Lipinski definition) is 1. The SMILES string of the molecule is O=C(NCc1cc(-c2ccccc2)ncn1)c1ccccc1Br. The highest BCUT2D eigenvalue weighted by Crippen LogP contribution is 2.17. The largest absolute Gasteiger partial charge is 0.346 e. The van der Waals surface area contributed by atoms with Crippen LogP contribution in [-0.2, 0) is 6.54 Å². The van der Waals surface area contributed by atoms with Crippen molar-refractivity contribution in [2.75, 3.05) is 0 Å². The topological polar surface area (TPSA) is 54.9 Å². The summed E-state index contributed by atoms with van der Waals surface area (Å²) in [6.45, 7) is 0.350. The van der Waals surface area contributed by atoms with Crippen LogP contribution in [0.25, 0.3) is 11.3 Å². The van der Waals surface area contributed by atoms with E-state index in [-0.39, 0.29) is 5.91 Å². The first-order valence-corrected chi connectivity index (χ1v) is 7.92. The van der Waals surface area contributed by atoms with E-state index >= 15 is 0 Å². The van der Waals surface area contributed by atoms with Crippen LogP contribution in [0.3, 0.4) is 0 Å². The Morgan fingerprint density at radius 2 is 1.74 bits per heavy atom. The molecule has 3 aromatic rings. The Balaban J connectivity index is 1.72. The van der Waals surface area contributed by atoms with Gasteiger partial charge in [0.25, 0.3) is 5.91 Å². The average Bonchev–Trinajstić information content (AvgIpc) is 2.61. The average molecular weight is 368 g/mol. The summed E-state index contributed by atoms with van der Waals surface area (Å²) >= 11 is 3.38. The number of carbonyl (C=O) groups is 1. The van der Waals surface area contributed by atoms with Crippen LogP contribution in [0.15, 0.2) is 71.5 Å². The number of nitrogens with zero attached hydrogens (tertiary/aromatic N) is 2. The van der Waals surface area contributed by atoms with Gasteiger partial charge in [-0.2, -0.15) is 0 Å². The molecule has 0 unspecified atom stereocenters. The molecule has 0 saturated heterocycles. The normalized spacial score (nSPS) is 10.3. The first kappa shape index (κ1) is 15.4. The molecule has 0 aliphatic carbocycles. The molecule has 0 bridgehead atoms. The Morgan fingerprint density at radius 1 is 1.00 bits per heavy atom. The molecular formula is C18H14BrN3O. The summed E-state index contributed by atoms with van der Waals surface area (Å²) < 4.78 is 0.769. The molecule has 0 radical (unpaired) electrons. The molecule has 1 heterocycles. The van der Waals surface area contributed by atoms with Crippen molar-refractivity contribution in [2.24, 2.45) is 0 Å². The van der Waals surface area contributed by atoms with E-state index in [9.17, 15) is 4.79 Å². The van der Waals surface area contributed by atoms with Crippen molar-refractivity contribution in [3.8, 4) is 11.3 Å². The maximum atomic E-state index is 12.2. The van der Waals surface area contributed by atoms with E-state index in [1.165, 1.54) is 6.33 Å². The summed E-state index contributed by atoms with van der Waals surface area (Å²) in [5.41, 5.74) is 3.23. The van der Waals surface area contributed by atoms with Crippen LogP contribution < -0.4 is 5.32 Å². The number of benzene rings is 2. The zero-order valence-corrected chi connectivity index (χ0v) is 13.8. The highest BCUT2D eigenvalue weighted by Gasteiger charge is 2.09. The van der Waals surface area contributed by atoms with Crippen molar-refractivity contribution in [2.45, 2.75) is 6.54 Å². The minimum Gasteiger partial charge on any atom is -0.346 e. The Morgan fingerprint density at radius 3 is 2.52 bits per heavy atom. The van der Waals surface area contributed by atoms with Crippen molar-refractivity contribution in [1.82, 2.24) is 15.3 Å². The smallest absolute Gasteiger partial charge is 0.252 e. The van der Waals surface area contributed by atoms with Crippen LogP contribution in [0.2, 0.25) is 0 Å². The molecule has 1 amide bonds. The standard InChI is InChI=1S/C18H14BrN3O/c19-16-9-5-4-8-15(16)18(23)20-11-14-10-17(22-12-21-14)13-6-2-1-3-7-13/h1-10,12H,11H2,(H,20,23). The van der Waals surface area contributed by atoms with Crippen molar-refractivity contribution < 1.29 is 4.79 Å². The number of aromatic nitrogens is 2. The van der Waals surface area contributed by atoms with Gasteiger partial charge in [-0.15, -0.1) is 0 Å². The predicted octanol–water partition coefficient (Wildman–Crippen LogP) is 3.84. The monoisotopic (exact) mass is 367 g/mol. The van der Waals surface area contributed by atoms with Crippen molar-refractivity contribution in [1.29, 1.82) is 0 Å². The van der Waals surface area contributed by atoms with Gasteiger partial charge in [-0.1, -0.05) is 42.5 Å². The lowest BCUT2D eigenvalue weighted by Crippen LogP contribution is -2.23.